The lowest BCUT2D eigenvalue weighted by atomic mass is 9.99. The van der Waals surface area contributed by atoms with Crippen LogP contribution < -0.4 is 4.74 Å². The summed E-state index contributed by atoms with van der Waals surface area (Å²) in [7, 11) is 0. The van der Waals surface area contributed by atoms with Gasteiger partial charge in [0.05, 0.1) is 24.5 Å². The van der Waals surface area contributed by atoms with E-state index in [-0.39, 0.29) is 6.10 Å². The number of nitrogens with zero attached hydrogens (tertiary/aromatic N) is 3. The van der Waals surface area contributed by atoms with E-state index in [0.717, 1.165) is 37.4 Å². The van der Waals surface area contributed by atoms with E-state index in [1.54, 1.807) is 24.7 Å². The first-order chi connectivity index (χ1) is 19.6. The van der Waals surface area contributed by atoms with Crippen LogP contribution in [-0.4, -0.2) is 46.9 Å². The van der Waals surface area contributed by atoms with Gasteiger partial charge in [0.1, 0.15) is 18.5 Å². The summed E-state index contributed by atoms with van der Waals surface area (Å²) in [4.78, 5) is 6.62. The molecule has 3 heterocycles. The van der Waals surface area contributed by atoms with Gasteiger partial charge in [-0.05, 0) is 47.4 Å². The molecule has 1 fully saturated rings. The summed E-state index contributed by atoms with van der Waals surface area (Å²) in [6.45, 7) is 4.04. The number of hydrogen-bond acceptors (Lipinski definition) is 5. The summed E-state index contributed by atoms with van der Waals surface area (Å²) >= 11 is 12.7. The van der Waals surface area contributed by atoms with Crippen molar-refractivity contribution in [3.8, 4) is 5.75 Å². The van der Waals surface area contributed by atoms with E-state index in [0.29, 0.717) is 29.8 Å². The van der Waals surface area contributed by atoms with Gasteiger partial charge in [0.25, 0.3) is 0 Å². The van der Waals surface area contributed by atoms with Crippen LogP contribution in [0, 0.1) is 0 Å². The standard InChI is InChI=1S/C32H31Cl2N3O3/c33-27-9-11-30(31(34)18-27)32(22-37-16-13-35-23-37)39-21-29(40-32)20-38-28-10-8-26-19-36(15-12-25(26)17-28)14-4-7-24-5-2-1-3-6-24/h1-11,13,16-18,23,29H,12,14-15,19-22H2/t29-,32-/m0/s1. The molecule has 0 saturated carbocycles. The lowest BCUT2D eigenvalue weighted by Crippen LogP contribution is -2.34. The number of hydrogen-bond donors (Lipinski definition) is 0. The summed E-state index contributed by atoms with van der Waals surface area (Å²) < 4.78 is 20.9. The van der Waals surface area contributed by atoms with E-state index >= 15 is 0 Å². The lowest BCUT2D eigenvalue weighted by Gasteiger charge is -2.30. The van der Waals surface area contributed by atoms with Gasteiger partial charge in [0.15, 0.2) is 0 Å². The molecule has 0 N–H and O–H groups in total. The Morgan fingerprint density at radius 2 is 1.95 bits per heavy atom. The van der Waals surface area contributed by atoms with E-state index in [4.69, 9.17) is 37.4 Å². The molecule has 2 atom stereocenters. The highest BCUT2D eigenvalue weighted by Crippen LogP contribution is 2.40. The van der Waals surface area contributed by atoms with Crippen molar-refractivity contribution in [3.05, 3.63) is 124 Å². The molecule has 0 amide bonds. The van der Waals surface area contributed by atoms with Crippen LogP contribution in [0.3, 0.4) is 0 Å². The third-order valence-electron chi connectivity index (χ3n) is 7.33. The molecule has 4 aromatic rings. The first kappa shape index (κ1) is 27.1. The molecule has 0 unspecified atom stereocenters. The summed E-state index contributed by atoms with van der Waals surface area (Å²) in [5.74, 6) is -0.221. The molecule has 2 aliphatic rings. The molecule has 0 radical (unpaired) electrons. The molecule has 8 heteroatoms. The van der Waals surface area contributed by atoms with Gasteiger partial charge in [-0.2, -0.15) is 0 Å². The first-order valence-corrected chi connectivity index (χ1v) is 14.2. The number of imidazole rings is 1. The quantitative estimate of drug-likeness (QED) is 0.225. The Morgan fingerprint density at radius 1 is 1.05 bits per heavy atom. The van der Waals surface area contributed by atoms with Gasteiger partial charge < -0.3 is 18.8 Å². The van der Waals surface area contributed by atoms with Crippen molar-refractivity contribution in [2.45, 2.75) is 31.4 Å². The average molecular weight is 577 g/mol. The zero-order valence-corrected chi connectivity index (χ0v) is 23.6. The van der Waals surface area contributed by atoms with Crippen molar-refractivity contribution in [2.24, 2.45) is 0 Å². The number of benzene rings is 3. The highest BCUT2D eigenvalue weighted by Gasteiger charge is 2.45. The molecule has 6 nitrogen and oxygen atoms in total. The molecule has 1 aromatic heterocycles. The fourth-order valence-corrected chi connectivity index (χ4v) is 5.85. The Kier molecular flexibility index (Phi) is 8.23. The number of fused-ring (bicyclic) bond motifs is 1. The van der Waals surface area contributed by atoms with Gasteiger partial charge in [-0.1, -0.05) is 77.8 Å². The van der Waals surface area contributed by atoms with Gasteiger partial charge >= 0.3 is 0 Å². The third kappa shape index (κ3) is 6.27. The van der Waals surface area contributed by atoms with Gasteiger partial charge in [-0.15, -0.1) is 0 Å². The molecule has 40 heavy (non-hydrogen) atoms. The molecule has 1 saturated heterocycles. The van der Waals surface area contributed by atoms with E-state index in [1.807, 2.05) is 29.0 Å². The summed E-state index contributed by atoms with van der Waals surface area (Å²) in [5.41, 5.74) is 4.65. The molecule has 0 bridgehead atoms. The van der Waals surface area contributed by atoms with Crippen LogP contribution in [0.5, 0.6) is 5.75 Å². The van der Waals surface area contributed by atoms with Gasteiger partial charge in [-0.25, -0.2) is 4.98 Å². The SMILES string of the molecule is Clc1ccc([C@@]2(Cn3ccnc3)OC[C@H](COc3ccc4c(c3)CCN(CC=Cc3ccccc3)C4)O2)c(Cl)c1. The number of rotatable bonds is 9. The molecule has 0 aliphatic carbocycles. The highest BCUT2D eigenvalue weighted by molar-refractivity contribution is 6.35. The minimum atomic E-state index is -1.06. The second-order valence-corrected chi connectivity index (χ2v) is 11.0. The molecule has 2 aliphatic heterocycles. The Balaban J connectivity index is 1.07. The van der Waals surface area contributed by atoms with Gasteiger partial charge in [-0.3, -0.25) is 4.90 Å². The molecule has 3 aromatic carbocycles. The first-order valence-electron chi connectivity index (χ1n) is 13.5. The predicted molar refractivity (Wildman–Crippen MR) is 158 cm³/mol. The van der Waals surface area contributed by atoms with Crippen LogP contribution >= 0.6 is 23.2 Å². The Bertz CT molecular complexity index is 1460. The van der Waals surface area contributed by atoms with Gasteiger partial charge in [0, 0.05) is 42.6 Å². The second kappa shape index (κ2) is 12.2. The lowest BCUT2D eigenvalue weighted by molar-refractivity contribution is -0.189. The van der Waals surface area contributed by atoms with Crippen LogP contribution in [0.4, 0.5) is 0 Å². The summed E-state index contributed by atoms with van der Waals surface area (Å²) in [6.07, 6.45) is 10.5. The topological polar surface area (TPSA) is 48.8 Å². The maximum atomic E-state index is 6.59. The Labute approximate surface area is 244 Å². The van der Waals surface area contributed by atoms with Crippen LogP contribution in [0.25, 0.3) is 6.08 Å². The van der Waals surface area contributed by atoms with Crippen molar-refractivity contribution in [1.82, 2.24) is 14.5 Å². The minimum absolute atomic E-state index is 0.266. The fraction of sp³-hybridized carbons (Fsp3) is 0.281. The van der Waals surface area contributed by atoms with Crippen molar-refractivity contribution >= 4 is 29.3 Å². The van der Waals surface area contributed by atoms with E-state index < -0.39 is 5.79 Å². The van der Waals surface area contributed by atoms with Crippen molar-refractivity contribution in [2.75, 3.05) is 26.3 Å². The van der Waals surface area contributed by atoms with Crippen LogP contribution in [0.1, 0.15) is 22.3 Å². The maximum Gasteiger partial charge on any atom is 0.215 e. The Morgan fingerprint density at radius 3 is 2.77 bits per heavy atom. The van der Waals surface area contributed by atoms with Crippen molar-refractivity contribution in [1.29, 1.82) is 0 Å². The van der Waals surface area contributed by atoms with Crippen LogP contribution in [0.15, 0.2) is 91.5 Å². The molecular weight excluding hydrogens is 545 g/mol. The number of aromatic nitrogens is 2. The molecule has 206 valence electrons. The highest BCUT2D eigenvalue weighted by atomic mass is 35.5. The van der Waals surface area contributed by atoms with E-state index in [9.17, 15) is 0 Å². The van der Waals surface area contributed by atoms with Crippen LogP contribution in [-0.2, 0) is 34.8 Å². The minimum Gasteiger partial charge on any atom is -0.491 e. The largest absolute Gasteiger partial charge is 0.491 e. The van der Waals surface area contributed by atoms with Crippen molar-refractivity contribution < 1.29 is 14.2 Å². The average Bonchev–Trinajstić information content (AvgIpc) is 3.63. The summed E-state index contributed by atoms with van der Waals surface area (Å²) in [6, 6.07) is 22.2. The number of halogens is 2. The molecule has 6 rings (SSSR count). The fourth-order valence-electron chi connectivity index (χ4n) is 5.30. The van der Waals surface area contributed by atoms with E-state index in [2.05, 4.69) is 58.4 Å². The maximum absolute atomic E-state index is 6.59. The Hall–Kier alpha value is -3.13. The normalized spacial score (nSPS) is 21.1. The third-order valence-corrected chi connectivity index (χ3v) is 7.88. The monoisotopic (exact) mass is 575 g/mol. The summed E-state index contributed by atoms with van der Waals surface area (Å²) in [5, 5.41) is 1.05. The number of ether oxygens (including phenoxy) is 3. The predicted octanol–water partition coefficient (Wildman–Crippen LogP) is 6.61. The molecule has 0 spiro atoms. The second-order valence-electron chi connectivity index (χ2n) is 10.2. The van der Waals surface area contributed by atoms with E-state index in [1.165, 1.54) is 16.7 Å². The molecular formula is C32H31Cl2N3O3. The smallest absolute Gasteiger partial charge is 0.215 e. The van der Waals surface area contributed by atoms with Crippen LogP contribution in [0.2, 0.25) is 10.0 Å². The van der Waals surface area contributed by atoms with Crippen molar-refractivity contribution in [3.63, 3.8) is 0 Å². The zero-order valence-electron chi connectivity index (χ0n) is 22.1. The van der Waals surface area contributed by atoms with Gasteiger partial charge in [0.2, 0.25) is 5.79 Å². The zero-order chi connectivity index (χ0) is 27.4.